The summed E-state index contributed by atoms with van der Waals surface area (Å²) in [6.45, 7) is 9.52. The fourth-order valence-electron chi connectivity index (χ4n) is 3.15. The molecule has 2 heterocycles. The second kappa shape index (κ2) is 11.5. The van der Waals surface area contributed by atoms with Crippen LogP contribution in [0.2, 0.25) is 0 Å². The lowest BCUT2D eigenvalue weighted by Crippen LogP contribution is -2.52. The molecule has 1 saturated heterocycles. The van der Waals surface area contributed by atoms with Crippen molar-refractivity contribution in [3.05, 3.63) is 35.7 Å². The smallest absolute Gasteiger partial charge is 0.205 e. The summed E-state index contributed by atoms with van der Waals surface area (Å²) in [5.74, 6) is 1.93. The van der Waals surface area contributed by atoms with Crippen molar-refractivity contribution in [2.75, 3.05) is 56.6 Å². The lowest BCUT2D eigenvalue weighted by molar-refractivity contribution is 0.372. The Morgan fingerprint density at radius 2 is 1.97 bits per heavy atom. The Labute approximate surface area is 195 Å². The molecule has 1 aromatic carbocycles. The molecule has 0 aliphatic carbocycles. The van der Waals surface area contributed by atoms with Gasteiger partial charge in [0.15, 0.2) is 5.96 Å². The molecule has 7 nitrogen and oxygen atoms in total. The summed E-state index contributed by atoms with van der Waals surface area (Å²) in [5, 5.41) is 4.49. The molecule has 0 saturated carbocycles. The second-order valence-corrected chi connectivity index (χ2v) is 7.79. The minimum absolute atomic E-state index is 0. The van der Waals surface area contributed by atoms with Crippen LogP contribution >= 0.6 is 35.5 Å². The van der Waals surface area contributed by atoms with Crippen LogP contribution in [0.1, 0.15) is 25.2 Å². The van der Waals surface area contributed by atoms with Crippen molar-refractivity contribution in [2.24, 2.45) is 4.99 Å². The molecule has 1 aromatic heterocycles. The highest BCUT2D eigenvalue weighted by Gasteiger charge is 2.22. The third kappa shape index (κ3) is 6.43. The topological polar surface area (TPSA) is 59.9 Å². The molecule has 9 heteroatoms. The summed E-state index contributed by atoms with van der Waals surface area (Å²) in [7, 11) is 4.13. The predicted octanol–water partition coefficient (Wildman–Crippen LogP) is 3.07. The first-order chi connectivity index (χ1) is 13.6. The molecule has 0 unspecified atom stereocenters. The average Bonchev–Trinajstić information content (AvgIpc) is 3.21. The minimum atomic E-state index is 0. The molecule has 3 rings (SSSR count). The van der Waals surface area contributed by atoms with Crippen LogP contribution in [0.4, 0.5) is 10.8 Å². The van der Waals surface area contributed by atoms with Gasteiger partial charge in [0.25, 0.3) is 0 Å². The number of benzene rings is 1. The fourth-order valence-corrected chi connectivity index (χ4v) is 3.95. The van der Waals surface area contributed by atoms with E-state index in [4.69, 9.17) is 4.99 Å². The standard InChI is InChI=1S/C20H31N7S.HI/c1-5-18-23-20(28-24-18)27-12-10-26(11-13-27)19(21-6-2)22-15-16-8-7-9-17(14-16)25(3)4;/h7-9,14H,5-6,10-13,15H2,1-4H3,(H,21,22);1H. The van der Waals surface area contributed by atoms with Gasteiger partial charge >= 0.3 is 0 Å². The predicted molar refractivity (Wildman–Crippen MR) is 134 cm³/mol. The van der Waals surface area contributed by atoms with Crippen LogP contribution in [0.25, 0.3) is 0 Å². The Hall–Kier alpha value is -1.62. The normalized spacial score (nSPS) is 14.6. The third-order valence-corrected chi connectivity index (χ3v) is 5.61. The minimum Gasteiger partial charge on any atom is -0.378 e. The van der Waals surface area contributed by atoms with Gasteiger partial charge in [-0.3, -0.25) is 0 Å². The molecule has 0 radical (unpaired) electrons. The number of hydrogen-bond acceptors (Lipinski definition) is 6. The van der Waals surface area contributed by atoms with Crippen molar-refractivity contribution in [2.45, 2.75) is 26.8 Å². The van der Waals surface area contributed by atoms with Gasteiger partial charge in [0.1, 0.15) is 5.82 Å². The van der Waals surface area contributed by atoms with E-state index in [2.05, 4.69) is 81.6 Å². The van der Waals surface area contributed by atoms with E-state index in [9.17, 15) is 0 Å². The van der Waals surface area contributed by atoms with Crippen molar-refractivity contribution in [3.8, 4) is 0 Å². The van der Waals surface area contributed by atoms with Crippen molar-refractivity contribution >= 4 is 52.3 Å². The number of aryl methyl sites for hydroxylation is 1. The number of nitrogens with one attached hydrogen (secondary N) is 1. The Balaban J connectivity index is 0.00000300. The van der Waals surface area contributed by atoms with Crippen molar-refractivity contribution in [3.63, 3.8) is 0 Å². The Bertz CT molecular complexity index is 785. The molecule has 1 fully saturated rings. The number of nitrogens with zero attached hydrogens (tertiary/aromatic N) is 6. The molecule has 1 N–H and O–H groups in total. The SMILES string of the molecule is CCNC(=NCc1cccc(N(C)C)c1)N1CCN(c2nc(CC)ns2)CC1.I. The van der Waals surface area contributed by atoms with Crippen LogP contribution in [0.15, 0.2) is 29.3 Å². The highest BCUT2D eigenvalue weighted by atomic mass is 127. The Morgan fingerprint density at radius 1 is 1.21 bits per heavy atom. The first-order valence-electron chi connectivity index (χ1n) is 9.97. The zero-order valence-corrected chi connectivity index (χ0v) is 20.9. The molecular weight excluding hydrogens is 497 g/mol. The van der Waals surface area contributed by atoms with E-state index in [1.165, 1.54) is 22.8 Å². The van der Waals surface area contributed by atoms with Crippen LogP contribution < -0.4 is 15.1 Å². The lowest BCUT2D eigenvalue weighted by atomic mass is 10.2. The molecular formula is C20H32IN7S. The first kappa shape index (κ1) is 23.7. The van der Waals surface area contributed by atoms with E-state index in [-0.39, 0.29) is 24.0 Å². The molecule has 160 valence electrons. The molecule has 0 spiro atoms. The third-order valence-electron chi connectivity index (χ3n) is 4.80. The molecule has 1 aliphatic heterocycles. The summed E-state index contributed by atoms with van der Waals surface area (Å²) in [6, 6.07) is 8.55. The monoisotopic (exact) mass is 529 g/mol. The van der Waals surface area contributed by atoms with Gasteiger partial charge < -0.3 is 20.0 Å². The van der Waals surface area contributed by atoms with Crippen LogP contribution in [0.5, 0.6) is 0 Å². The van der Waals surface area contributed by atoms with Gasteiger partial charge in [-0.15, -0.1) is 24.0 Å². The first-order valence-corrected chi connectivity index (χ1v) is 10.7. The van der Waals surface area contributed by atoms with Gasteiger partial charge in [0.05, 0.1) is 6.54 Å². The van der Waals surface area contributed by atoms with E-state index in [1.54, 1.807) is 0 Å². The van der Waals surface area contributed by atoms with Gasteiger partial charge in [-0.05, 0) is 24.6 Å². The van der Waals surface area contributed by atoms with Gasteiger partial charge in [-0.1, -0.05) is 19.1 Å². The van der Waals surface area contributed by atoms with Crippen LogP contribution in [0.3, 0.4) is 0 Å². The van der Waals surface area contributed by atoms with Gasteiger partial charge in [0, 0.05) is 70.5 Å². The molecule has 0 bridgehead atoms. The maximum atomic E-state index is 4.89. The molecule has 2 aromatic rings. The van der Waals surface area contributed by atoms with E-state index in [1.807, 2.05) is 0 Å². The summed E-state index contributed by atoms with van der Waals surface area (Å²) < 4.78 is 4.41. The number of aliphatic imine (C=N–C) groups is 1. The van der Waals surface area contributed by atoms with E-state index < -0.39 is 0 Å². The van der Waals surface area contributed by atoms with Crippen LogP contribution in [-0.2, 0) is 13.0 Å². The number of anilines is 2. The summed E-state index contributed by atoms with van der Waals surface area (Å²) in [6.07, 6.45) is 0.892. The number of aromatic nitrogens is 2. The Morgan fingerprint density at radius 3 is 2.59 bits per heavy atom. The second-order valence-electron chi connectivity index (χ2n) is 7.06. The highest BCUT2D eigenvalue weighted by Crippen LogP contribution is 2.19. The zero-order chi connectivity index (χ0) is 19.9. The number of halogens is 1. The van der Waals surface area contributed by atoms with Crippen LogP contribution in [0, 0.1) is 0 Å². The fraction of sp³-hybridized carbons (Fsp3) is 0.550. The Kier molecular flexibility index (Phi) is 9.41. The van der Waals surface area contributed by atoms with Crippen LogP contribution in [-0.4, -0.2) is 67.0 Å². The largest absolute Gasteiger partial charge is 0.378 e. The van der Waals surface area contributed by atoms with Gasteiger partial charge in [0.2, 0.25) is 5.13 Å². The molecule has 29 heavy (non-hydrogen) atoms. The number of rotatable bonds is 6. The highest BCUT2D eigenvalue weighted by molar-refractivity contribution is 14.0. The summed E-state index contributed by atoms with van der Waals surface area (Å²) in [4.78, 5) is 16.3. The maximum Gasteiger partial charge on any atom is 0.205 e. The summed E-state index contributed by atoms with van der Waals surface area (Å²) >= 11 is 1.51. The number of guanidine groups is 1. The van der Waals surface area contributed by atoms with Gasteiger partial charge in [-0.2, -0.15) is 4.37 Å². The maximum absolute atomic E-state index is 4.89. The van der Waals surface area contributed by atoms with E-state index >= 15 is 0 Å². The quantitative estimate of drug-likeness (QED) is 0.353. The van der Waals surface area contributed by atoms with Gasteiger partial charge in [-0.25, -0.2) is 9.98 Å². The zero-order valence-electron chi connectivity index (χ0n) is 17.8. The van der Waals surface area contributed by atoms with E-state index in [0.717, 1.165) is 56.1 Å². The lowest BCUT2D eigenvalue weighted by Gasteiger charge is -2.36. The van der Waals surface area contributed by atoms with E-state index in [0.29, 0.717) is 6.54 Å². The molecule has 0 atom stereocenters. The average molecular weight is 529 g/mol. The number of hydrogen-bond donors (Lipinski definition) is 1. The van der Waals surface area contributed by atoms with Crippen molar-refractivity contribution < 1.29 is 0 Å². The molecule has 0 amide bonds. The van der Waals surface area contributed by atoms with Crippen molar-refractivity contribution in [1.29, 1.82) is 0 Å². The number of piperazine rings is 1. The summed E-state index contributed by atoms with van der Waals surface area (Å²) in [5.41, 5.74) is 2.43. The van der Waals surface area contributed by atoms with Crippen molar-refractivity contribution in [1.82, 2.24) is 19.6 Å². The molecule has 1 aliphatic rings.